The van der Waals surface area contributed by atoms with Crippen LogP contribution in [0.15, 0.2) is 12.5 Å². The normalized spacial score (nSPS) is 16.0. The van der Waals surface area contributed by atoms with Crippen molar-refractivity contribution in [2.24, 2.45) is 0 Å². The van der Waals surface area contributed by atoms with Crippen molar-refractivity contribution in [3.8, 4) is 0 Å². The van der Waals surface area contributed by atoms with Crippen molar-refractivity contribution >= 4 is 22.9 Å². The molecule has 0 aromatic carbocycles. The molecule has 8 nitrogen and oxygen atoms in total. The molecule has 1 N–H and O–H groups in total. The second kappa shape index (κ2) is 5.78. The maximum atomic E-state index is 12.0. The third-order valence-corrected chi connectivity index (χ3v) is 4.22. The number of amides is 2. The number of aromatic nitrogens is 4. The number of H-pyrrole nitrogens is 1. The summed E-state index contributed by atoms with van der Waals surface area (Å²) in [6.07, 6.45) is 5.18. The predicted molar refractivity (Wildman–Crippen MR) is 83.8 cm³/mol. The standard InChI is InChI=1S/C14H21N7O/c1-19(2)14(22)20(3)10-4-6-21(7-5-10)13-11-8-17-18-12(11)15-9-16-13/h8-10H,4-7H2,1-3H3,(H,15,16,17,18). The van der Waals surface area contributed by atoms with Crippen LogP contribution in [-0.4, -0.2) is 76.3 Å². The van der Waals surface area contributed by atoms with E-state index in [1.807, 2.05) is 11.9 Å². The van der Waals surface area contributed by atoms with Crippen LogP contribution in [-0.2, 0) is 0 Å². The van der Waals surface area contributed by atoms with E-state index in [1.165, 1.54) is 0 Å². The molecule has 0 atom stereocenters. The van der Waals surface area contributed by atoms with Gasteiger partial charge in [-0.2, -0.15) is 5.10 Å². The summed E-state index contributed by atoms with van der Waals surface area (Å²) in [6.45, 7) is 1.74. The van der Waals surface area contributed by atoms with Crippen LogP contribution in [0.5, 0.6) is 0 Å². The Morgan fingerprint density at radius 3 is 2.68 bits per heavy atom. The number of rotatable bonds is 2. The van der Waals surface area contributed by atoms with E-state index in [9.17, 15) is 4.79 Å². The molecule has 0 radical (unpaired) electrons. The minimum absolute atomic E-state index is 0.0534. The average molecular weight is 303 g/mol. The van der Waals surface area contributed by atoms with E-state index >= 15 is 0 Å². The van der Waals surface area contributed by atoms with Crippen molar-refractivity contribution in [2.75, 3.05) is 39.1 Å². The van der Waals surface area contributed by atoms with E-state index in [-0.39, 0.29) is 12.1 Å². The van der Waals surface area contributed by atoms with Crippen LogP contribution in [0, 0.1) is 0 Å². The molecule has 2 aromatic heterocycles. The number of hydrogen-bond acceptors (Lipinski definition) is 5. The molecule has 0 aliphatic carbocycles. The summed E-state index contributed by atoms with van der Waals surface area (Å²) in [4.78, 5) is 26.3. The lowest BCUT2D eigenvalue weighted by Crippen LogP contribution is -2.48. The number of carbonyl (C=O) groups excluding carboxylic acids is 1. The highest BCUT2D eigenvalue weighted by Gasteiger charge is 2.27. The molecule has 118 valence electrons. The molecule has 1 fully saturated rings. The highest BCUT2D eigenvalue weighted by atomic mass is 16.2. The minimum atomic E-state index is 0.0534. The van der Waals surface area contributed by atoms with Gasteiger partial charge in [0.05, 0.1) is 11.6 Å². The molecule has 0 spiro atoms. The highest BCUT2D eigenvalue weighted by Crippen LogP contribution is 2.25. The zero-order valence-electron chi connectivity index (χ0n) is 13.2. The number of aromatic amines is 1. The molecule has 1 aliphatic rings. The summed E-state index contributed by atoms with van der Waals surface area (Å²) in [7, 11) is 5.44. The monoisotopic (exact) mass is 303 g/mol. The Labute approximate surface area is 129 Å². The van der Waals surface area contributed by atoms with Gasteiger partial charge in [-0.05, 0) is 12.8 Å². The first-order chi connectivity index (χ1) is 10.6. The molecule has 1 aliphatic heterocycles. The number of nitrogens with one attached hydrogen (secondary N) is 1. The van der Waals surface area contributed by atoms with Crippen LogP contribution in [0.2, 0.25) is 0 Å². The van der Waals surface area contributed by atoms with Gasteiger partial charge in [-0.3, -0.25) is 5.10 Å². The lowest BCUT2D eigenvalue weighted by Gasteiger charge is -2.38. The topological polar surface area (TPSA) is 81.3 Å². The Kier molecular flexibility index (Phi) is 3.82. The van der Waals surface area contributed by atoms with Gasteiger partial charge in [0.1, 0.15) is 12.1 Å². The van der Waals surface area contributed by atoms with Crippen molar-refractivity contribution < 1.29 is 4.79 Å². The number of piperidine rings is 1. The number of fused-ring (bicyclic) bond motifs is 1. The summed E-state index contributed by atoms with van der Waals surface area (Å²) in [5.41, 5.74) is 0.757. The van der Waals surface area contributed by atoms with Crippen molar-refractivity contribution in [3.63, 3.8) is 0 Å². The number of anilines is 1. The molecular formula is C14H21N7O. The second-order valence-corrected chi connectivity index (χ2v) is 5.84. The number of carbonyl (C=O) groups is 1. The molecule has 0 unspecified atom stereocenters. The maximum Gasteiger partial charge on any atom is 0.319 e. The summed E-state index contributed by atoms with van der Waals surface area (Å²) in [5, 5.41) is 7.84. The van der Waals surface area contributed by atoms with E-state index in [4.69, 9.17) is 0 Å². The van der Waals surface area contributed by atoms with E-state index in [0.29, 0.717) is 0 Å². The molecule has 1 saturated heterocycles. The van der Waals surface area contributed by atoms with Gasteiger partial charge in [0.25, 0.3) is 0 Å². The van der Waals surface area contributed by atoms with E-state index < -0.39 is 0 Å². The minimum Gasteiger partial charge on any atom is -0.356 e. The zero-order valence-corrected chi connectivity index (χ0v) is 13.2. The van der Waals surface area contributed by atoms with E-state index in [0.717, 1.165) is 42.8 Å². The van der Waals surface area contributed by atoms with E-state index in [1.54, 1.807) is 31.5 Å². The van der Waals surface area contributed by atoms with Gasteiger partial charge in [-0.15, -0.1) is 0 Å². The lowest BCUT2D eigenvalue weighted by molar-refractivity contribution is 0.155. The highest BCUT2D eigenvalue weighted by molar-refractivity contribution is 5.86. The third-order valence-electron chi connectivity index (χ3n) is 4.22. The quantitative estimate of drug-likeness (QED) is 0.893. The lowest BCUT2D eigenvalue weighted by atomic mass is 10.0. The van der Waals surface area contributed by atoms with Gasteiger partial charge in [0, 0.05) is 40.3 Å². The first kappa shape index (κ1) is 14.6. The molecule has 3 heterocycles. The van der Waals surface area contributed by atoms with Crippen LogP contribution in [0.25, 0.3) is 11.0 Å². The molecule has 22 heavy (non-hydrogen) atoms. The fourth-order valence-electron chi connectivity index (χ4n) is 2.94. The van der Waals surface area contributed by atoms with Gasteiger partial charge in [-0.1, -0.05) is 0 Å². The SMILES string of the molecule is CN(C)C(=O)N(C)C1CCN(c2ncnc3[nH]ncc23)CC1. The Morgan fingerprint density at radius 1 is 1.27 bits per heavy atom. The molecule has 8 heteroatoms. The van der Waals surface area contributed by atoms with Crippen LogP contribution in [0.4, 0.5) is 10.6 Å². The van der Waals surface area contributed by atoms with Crippen molar-refractivity contribution in [1.82, 2.24) is 30.0 Å². The number of urea groups is 1. The Balaban J connectivity index is 1.69. The smallest absolute Gasteiger partial charge is 0.319 e. The second-order valence-electron chi connectivity index (χ2n) is 5.84. The molecule has 0 bridgehead atoms. The van der Waals surface area contributed by atoms with Crippen LogP contribution < -0.4 is 4.90 Å². The Bertz CT molecular complexity index is 660. The summed E-state index contributed by atoms with van der Waals surface area (Å²) >= 11 is 0. The Morgan fingerprint density at radius 2 is 2.00 bits per heavy atom. The predicted octanol–water partition coefficient (Wildman–Crippen LogP) is 0.935. The van der Waals surface area contributed by atoms with Gasteiger partial charge >= 0.3 is 6.03 Å². The van der Waals surface area contributed by atoms with Crippen LogP contribution >= 0.6 is 0 Å². The van der Waals surface area contributed by atoms with Crippen molar-refractivity contribution in [1.29, 1.82) is 0 Å². The first-order valence-corrected chi connectivity index (χ1v) is 7.41. The average Bonchev–Trinajstić information content (AvgIpc) is 3.02. The molecule has 2 amide bonds. The molecule has 0 saturated carbocycles. The summed E-state index contributed by atoms with van der Waals surface area (Å²) < 4.78 is 0. The van der Waals surface area contributed by atoms with Gasteiger partial charge in [-0.25, -0.2) is 14.8 Å². The Hall–Kier alpha value is -2.38. The fourth-order valence-corrected chi connectivity index (χ4v) is 2.94. The van der Waals surface area contributed by atoms with Gasteiger partial charge < -0.3 is 14.7 Å². The number of nitrogens with zero attached hydrogens (tertiary/aromatic N) is 6. The summed E-state index contributed by atoms with van der Waals surface area (Å²) in [5.74, 6) is 0.916. The summed E-state index contributed by atoms with van der Waals surface area (Å²) in [6, 6.07) is 0.325. The zero-order chi connectivity index (χ0) is 15.7. The van der Waals surface area contributed by atoms with Crippen molar-refractivity contribution in [3.05, 3.63) is 12.5 Å². The van der Waals surface area contributed by atoms with Gasteiger partial charge in [0.15, 0.2) is 5.65 Å². The fraction of sp³-hybridized carbons (Fsp3) is 0.571. The van der Waals surface area contributed by atoms with Crippen molar-refractivity contribution in [2.45, 2.75) is 18.9 Å². The molecule has 2 aromatic rings. The van der Waals surface area contributed by atoms with Gasteiger partial charge in [0.2, 0.25) is 0 Å². The molecular weight excluding hydrogens is 282 g/mol. The maximum absolute atomic E-state index is 12.0. The molecule has 3 rings (SSSR count). The van der Waals surface area contributed by atoms with Crippen LogP contribution in [0.1, 0.15) is 12.8 Å². The third kappa shape index (κ3) is 2.56. The van der Waals surface area contributed by atoms with Crippen LogP contribution in [0.3, 0.4) is 0 Å². The largest absolute Gasteiger partial charge is 0.356 e. The number of hydrogen-bond donors (Lipinski definition) is 1. The van der Waals surface area contributed by atoms with E-state index in [2.05, 4.69) is 25.1 Å². The first-order valence-electron chi connectivity index (χ1n) is 7.41.